The molecule has 32 rings (SSSR count). The second kappa shape index (κ2) is 30.2. The van der Waals surface area contributed by atoms with Crippen LogP contribution in [0.5, 0.6) is 0 Å². The SMILES string of the molecule is c1ccc(-c2ccc3c(c2)oc2cc4c(cc23)oc2ccc(-c3cccc(-c5ccc6oc7cc8c(cc7c6c5)oc5ccc(-c6ccccc6)cc58)c3)cc24)cc1.c1ccc(-c2ccc3oc4cc5c(cc4c3c2)oc2cc(-c3cc(-c4ccc6c(c4)oc4cc7c(cc46)oc4ccc(-c6ccccc6)cc47)cc(-c4ccc6c(c4)oc4cc7c(cc46)oc4ccc(-c6ccccc6)cc47)c3)ccc25)cc1. The monoisotopic (exact) mass is 1820 g/mol. The van der Waals surface area contributed by atoms with Gasteiger partial charge in [0.25, 0.3) is 0 Å². The topological polar surface area (TPSA) is 131 Å². The molecule has 10 aromatic heterocycles. The minimum absolute atomic E-state index is 0.799. The molecule has 10 nitrogen and oxygen atoms in total. The summed E-state index contributed by atoms with van der Waals surface area (Å²) in [6.07, 6.45) is 0. The van der Waals surface area contributed by atoms with Crippen molar-refractivity contribution in [2.45, 2.75) is 0 Å². The summed E-state index contributed by atoms with van der Waals surface area (Å²) in [4.78, 5) is 0. The van der Waals surface area contributed by atoms with Crippen molar-refractivity contribution in [1.82, 2.24) is 0 Å². The number of furan rings is 10. The Hall–Kier alpha value is -19.2. The quantitative estimate of drug-likeness (QED) is 0.130. The van der Waals surface area contributed by atoms with Crippen molar-refractivity contribution in [3.8, 4) is 111 Å². The van der Waals surface area contributed by atoms with E-state index >= 15 is 0 Å². The summed E-state index contributed by atoms with van der Waals surface area (Å²) in [7, 11) is 0. The van der Waals surface area contributed by atoms with E-state index in [-0.39, 0.29) is 0 Å². The van der Waals surface area contributed by atoms with Crippen molar-refractivity contribution in [1.29, 1.82) is 0 Å². The first-order chi connectivity index (χ1) is 70.2. The van der Waals surface area contributed by atoms with Crippen molar-refractivity contribution in [3.63, 3.8) is 0 Å². The van der Waals surface area contributed by atoms with E-state index in [2.05, 4.69) is 406 Å². The number of hydrogen-bond acceptors (Lipinski definition) is 10. The zero-order valence-corrected chi connectivity index (χ0v) is 75.7. The number of fused-ring (bicyclic) bond motifs is 30. The molecule has 660 valence electrons. The van der Waals surface area contributed by atoms with Gasteiger partial charge in [-0.3, -0.25) is 0 Å². The van der Waals surface area contributed by atoms with Gasteiger partial charge >= 0.3 is 0 Å². The minimum Gasteiger partial charge on any atom is -0.456 e. The van der Waals surface area contributed by atoms with Crippen LogP contribution in [0.4, 0.5) is 0 Å². The lowest BCUT2D eigenvalue weighted by atomic mass is 9.92. The molecular weight excluding hydrogens is 1750 g/mol. The minimum atomic E-state index is 0.799. The highest BCUT2D eigenvalue weighted by Gasteiger charge is 2.25. The molecule has 10 heterocycles. The third-order valence-corrected chi connectivity index (χ3v) is 29.3. The van der Waals surface area contributed by atoms with E-state index in [9.17, 15) is 0 Å². The molecule has 0 aliphatic heterocycles. The van der Waals surface area contributed by atoms with Crippen LogP contribution in [0.2, 0.25) is 0 Å². The van der Waals surface area contributed by atoms with E-state index in [1.165, 1.54) is 11.1 Å². The molecule has 0 spiro atoms. The van der Waals surface area contributed by atoms with Crippen LogP contribution in [0.15, 0.2) is 481 Å². The van der Waals surface area contributed by atoms with Crippen molar-refractivity contribution < 1.29 is 44.2 Å². The summed E-state index contributed by atoms with van der Waals surface area (Å²) >= 11 is 0. The molecule has 142 heavy (non-hydrogen) atoms. The molecule has 0 saturated carbocycles. The van der Waals surface area contributed by atoms with Crippen LogP contribution in [0.1, 0.15) is 0 Å². The zero-order chi connectivity index (χ0) is 92.6. The molecule has 0 amide bonds. The predicted molar refractivity (Wildman–Crippen MR) is 580 cm³/mol. The first-order valence-electron chi connectivity index (χ1n) is 47.8. The Bertz CT molecular complexity index is 10300. The van der Waals surface area contributed by atoms with Gasteiger partial charge in [-0.15, -0.1) is 0 Å². The zero-order valence-electron chi connectivity index (χ0n) is 75.7. The average Bonchev–Trinajstić information content (AvgIpc) is 1.60. The Morgan fingerprint density at radius 3 is 0.415 bits per heavy atom. The molecule has 10 heteroatoms. The summed E-state index contributed by atoms with van der Waals surface area (Å²) in [6, 6.07) is 154. The van der Waals surface area contributed by atoms with Gasteiger partial charge in [-0.25, -0.2) is 0 Å². The highest BCUT2D eigenvalue weighted by Crippen LogP contribution is 2.49. The van der Waals surface area contributed by atoms with Crippen LogP contribution in [0.25, 0.3) is 331 Å². The first kappa shape index (κ1) is 78.1. The largest absolute Gasteiger partial charge is 0.456 e. The fourth-order valence-corrected chi connectivity index (χ4v) is 22.2. The Kier molecular flexibility index (Phi) is 16.6. The Morgan fingerprint density at radius 2 is 0.204 bits per heavy atom. The lowest BCUT2D eigenvalue weighted by Crippen LogP contribution is -1.86. The van der Waals surface area contributed by atoms with Crippen molar-refractivity contribution in [2.75, 3.05) is 0 Å². The van der Waals surface area contributed by atoms with E-state index in [4.69, 9.17) is 44.2 Å². The fourth-order valence-electron chi connectivity index (χ4n) is 22.2. The van der Waals surface area contributed by atoms with E-state index in [0.29, 0.717) is 0 Å². The van der Waals surface area contributed by atoms with Gasteiger partial charge in [0, 0.05) is 108 Å². The fraction of sp³-hybridized carbons (Fsp3) is 0. The van der Waals surface area contributed by atoms with E-state index in [1.807, 2.05) is 30.3 Å². The average molecular weight is 1820 g/mol. The molecule has 0 bridgehead atoms. The molecule has 32 aromatic rings. The van der Waals surface area contributed by atoms with Gasteiger partial charge in [0.1, 0.15) is 112 Å². The van der Waals surface area contributed by atoms with Crippen molar-refractivity contribution in [3.05, 3.63) is 437 Å². The third kappa shape index (κ3) is 12.5. The van der Waals surface area contributed by atoms with E-state index in [0.717, 1.165) is 320 Å². The standard InChI is InChI=1S/C78H42O6.C54H30O4/c1-4-10-43(11-5-1)46-19-25-67-58(31-46)64-40-73-61(37-76(64)79-67)55-22-16-49(34-70(55)82-73)52-28-53(50-17-23-56-62-38-77-65(41-74(62)83-71(56)35-50)59-32-47(20-26-68(59)80-77)44-12-6-2-7-13-44)30-54(29-52)51-18-24-57-63-39-78-66(42-75(63)84-72(57)36-51)60-33-48(21-27-69(60)81-78)45-14-8-3-9-15-45;1-3-8-31(9-4-1)35-15-19-47-40(23-35)45-29-54-46(30-53(45)56-47)42-25-37(17-21-49(42)57-54)34-13-7-12-33(22-34)36-16-20-48-41(24-36)44-28-51-43(27-52(44)55-48)39-18-14-38(26-50(39)58-51)32-10-5-2-6-11-32/h1-42H;1-30H. The lowest BCUT2D eigenvalue weighted by Gasteiger charge is -2.12. The van der Waals surface area contributed by atoms with Crippen LogP contribution in [-0.4, -0.2) is 0 Å². The van der Waals surface area contributed by atoms with E-state index in [1.54, 1.807) is 0 Å². The smallest absolute Gasteiger partial charge is 0.136 e. The Morgan fingerprint density at radius 1 is 0.0704 bits per heavy atom. The number of benzene rings is 22. The molecule has 0 atom stereocenters. The molecule has 0 radical (unpaired) electrons. The van der Waals surface area contributed by atoms with Gasteiger partial charge in [0.15, 0.2) is 0 Å². The summed E-state index contributed by atoms with van der Waals surface area (Å²) in [5, 5.41) is 20.8. The van der Waals surface area contributed by atoms with Gasteiger partial charge in [-0.1, -0.05) is 231 Å². The summed E-state index contributed by atoms with van der Waals surface area (Å²) in [6.45, 7) is 0. The predicted octanol–water partition coefficient (Wildman–Crippen LogP) is 39.0. The molecule has 0 aliphatic rings. The summed E-state index contributed by atoms with van der Waals surface area (Å²) < 4.78 is 65.7. The summed E-state index contributed by atoms with van der Waals surface area (Å²) in [5.41, 5.74) is 38.9. The van der Waals surface area contributed by atoms with Crippen LogP contribution >= 0.6 is 0 Å². The first-order valence-corrected chi connectivity index (χ1v) is 47.8. The Labute approximate surface area is 806 Å². The van der Waals surface area contributed by atoms with Gasteiger partial charge in [-0.05, 0) is 318 Å². The highest BCUT2D eigenvalue weighted by molar-refractivity contribution is 6.22. The van der Waals surface area contributed by atoms with Gasteiger partial charge in [0.2, 0.25) is 0 Å². The van der Waals surface area contributed by atoms with Crippen LogP contribution in [0, 0.1) is 0 Å². The van der Waals surface area contributed by atoms with E-state index < -0.39 is 0 Å². The van der Waals surface area contributed by atoms with Gasteiger partial charge in [0.05, 0.1) is 0 Å². The second-order valence-corrected chi connectivity index (χ2v) is 37.6. The number of rotatable bonds is 10. The maximum Gasteiger partial charge on any atom is 0.136 e. The molecule has 0 N–H and O–H groups in total. The Balaban J connectivity index is 0.000000139. The van der Waals surface area contributed by atoms with Gasteiger partial charge in [-0.2, -0.15) is 0 Å². The molecule has 0 unspecified atom stereocenters. The van der Waals surface area contributed by atoms with Crippen molar-refractivity contribution in [2.24, 2.45) is 0 Å². The molecule has 0 fully saturated rings. The van der Waals surface area contributed by atoms with Gasteiger partial charge < -0.3 is 44.2 Å². The molecule has 0 aliphatic carbocycles. The molecule has 0 saturated heterocycles. The maximum absolute atomic E-state index is 6.80. The van der Waals surface area contributed by atoms with Crippen molar-refractivity contribution >= 4 is 219 Å². The lowest BCUT2D eigenvalue weighted by molar-refractivity contribution is 0.664. The van der Waals surface area contributed by atoms with Crippen LogP contribution in [0.3, 0.4) is 0 Å². The normalized spacial score (nSPS) is 12.2. The molecule has 22 aromatic carbocycles. The van der Waals surface area contributed by atoms with Crippen LogP contribution < -0.4 is 0 Å². The third-order valence-electron chi connectivity index (χ3n) is 29.3. The second-order valence-electron chi connectivity index (χ2n) is 37.6. The highest BCUT2D eigenvalue weighted by atomic mass is 16.4. The van der Waals surface area contributed by atoms with Crippen LogP contribution in [-0.2, 0) is 0 Å². The maximum atomic E-state index is 6.80. The number of hydrogen-bond donors (Lipinski definition) is 0. The molecular formula is C132H72O10. The summed E-state index contributed by atoms with van der Waals surface area (Å²) in [5.74, 6) is 0.